The maximum Gasteiger partial charge on any atom is 0.253 e. The first-order chi connectivity index (χ1) is 15.0. The second-order valence-electron chi connectivity index (χ2n) is 7.55. The van der Waals surface area contributed by atoms with Crippen LogP contribution < -0.4 is 0 Å². The van der Waals surface area contributed by atoms with Crippen molar-refractivity contribution in [1.29, 1.82) is 0 Å². The lowest BCUT2D eigenvalue weighted by Gasteiger charge is -2.34. The number of halogens is 1. The largest absolute Gasteiger partial charge is 0.339 e. The molecule has 0 atom stereocenters. The third-order valence-corrected chi connectivity index (χ3v) is 6.44. The first kappa shape index (κ1) is 21.2. The standard InChI is InChI=1S/C24H24FN3O2S/c1-2-17-3-5-18(6-4-17)23-26-21(16-31-23)15-22(29)27-11-13-28(14-12-27)24(30)19-7-9-20(25)10-8-19/h3-10,16H,2,11-15H2,1H3. The summed E-state index contributed by atoms with van der Waals surface area (Å²) in [6, 6.07) is 13.9. The van der Waals surface area contributed by atoms with E-state index < -0.39 is 0 Å². The van der Waals surface area contributed by atoms with Crippen molar-refractivity contribution in [2.75, 3.05) is 26.2 Å². The van der Waals surface area contributed by atoms with Gasteiger partial charge in [0.2, 0.25) is 5.91 Å². The Hall–Kier alpha value is -3.06. The number of rotatable bonds is 5. The average molecular weight is 438 g/mol. The molecule has 2 heterocycles. The third-order valence-electron chi connectivity index (χ3n) is 5.50. The van der Waals surface area contributed by atoms with Crippen LogP contribution in [0.25, 0.3) is 10.6 Å². The SMILES string of the molecule is CCc1ccc(-c2nc(CC(=O)N3CCN(C(=O)c4ccc(F)cc4)CC3)cs2)cc1. The van der Waals surface area contributed by atoms with Crippen molar-refractivity contribution in [1.82, 2.24) is 14.8 Å². The number of aromatic nitrogens is 1. The Balaban J connectivity index is 1.31. The monoisotopic (exact) mass is 437 g/mol. The summed E-state index contributed by atoms with van der Waals surface area (Å²) in [6.45, 7) is 4.03. The van der Waals surface area contributed by atoms with Gasteiger partial charge in [0.15, 0.2) is 0 Å². The molecule has 1 fully saturated rings. The van der Waals surface area contributed by atoms with E-state index in [1.807, 2.05) is 5.38 Å². The number of hydrogen-bond acceptors (Lipinski definition) is 4. The van der Waals surface area contributed by atoms with E-state index in [0.717, 1.165) is 22.7 Å². The number of carbonyl (C=O) groups excluding carboxylic acids is 2. The Bertz CT molecular complexity index is 1060. The van der Waals surface area contributed by atoms with Gasteiger partial charge in [0.1, 0.15) is 10.8 Å². The number of piperazine rings is 1. The highest BCUT2D eigenvalue weighted by atomic mass is 32.1. The molecule has 2 aromatic carbocycles. The molecule has 1 aromatic heterocycles. The fraction of sp³-hybridized carbons (Fsp3) is 0.292. The highest BCUT2D eigenvalue weighted by Gasteiger charge is 2.25. The number of carbonyl (C=O) groups is 2. The van der Waals surface area contributed by atoms with Gasteiger partial charge in [-0.3, -0.25) is 9.59 Å². The van der Waals surface area contributed by atoms with Gasteiger partial charge in [-0.2, -0.15) is 0 Å². The van der Waals surface area contributed by atoms with Gasteiger partial charge >= 0.3 is 0 Å². The summed E-state index contributed by atoms with van der Waals surface area (Å²) in [7, 11) is 0. The molecule has 0 saturated carbocycles. The highest BCUT2D eigenvalue weighted by Crippen LogP contribution is 2.24. The van der Waals surface area contributed by atoms with Crippen LogP contribution in [0, 0.1) is 5.82 Å². The molecule has 4 rings (SSSR count). The molecular formula is C24H24FN3O2S. The molecule has 2 amide bonds. The van der Waals surface area contributed by atoms with Gasteiger partial charge in [0.25, 0.3) is 5.91 Å². The summed E-state index contributed by atoms with van der Waals surface area (Å²) < 4.78 is 13.1. The van der Waals surface area contributed by atoms with E-state index >= 15 is 0 Å². The molecule has 160 valence electrons. The molecule has 0 spiro atoms. The van der Waals surface area contributed by atoms with E-state index in [1.165, 1.54) is 29.8 Å². The fourth-order valence-electron chi connectivity index (χ4n) is 3.60. The van der Waals surface area contributed by atoms with E-state index in [-0.39, 0.29) is 24.1 Å². The quantitative estimate of drug-likeness (QED) is 0.605. The number of aryl methyl sites for hydroxylation is 1. The van der Waals surface area contributed by atoms with Crippen LogP contribution in [-0.2, 0) is 17.6 Å². The van der Waals surface area contributed by atoms with Gasteiger partial charge in [0, 0.05) is 42.7 Å². The Morgan fingerprint density at radius 2 is 1.61 bits per heavy atom. The topological polar surface area (TPSA) is 53.5 Å². The van der Waals surface area contributed by atoms with Gasteiger partial charge in [-0.25, -0.2) is 9.37 Å². The fourth-order valence-corrected chi connectivity index (χ4v) is 4.43. The van der Waals surface area contributed by atoms with E-state index in [9.17, 15) is 14.0 Å². The van der Waals surface area contributed by atoms with Gasteiger partial charge in [0.05, 0.1) is 12.1 Å². The number of benzene rings is 2. The molecule has 0 unspecified atom stereocenters. The van der Waals surface area contributed by atoms with Crippen LogP contribution in [0.1, 0.15) is 28.5 Å². The summed E-state index contributed by atoms with van der Waals surface area (Å²) in [6.07, 6.45) is 1.26. The summed E-state index contributed by atoms with van der Waals surface area (Å²) in [5.74, 6) is -0.479. The molecule has 0 aliphatic carbocycles. The molecule has 0 radical (unpaired) electrons. The lowest BCUT2D eigenvalue weighted by molar-refractivity contribution is -0.132. The Morgan fingerprint density at radius 1 is 0.968 bits per heavy atom. The summed E-state index contributed by atoms with van der Waals surface area (Å²) in [5, 5.41) is 2.86. The Kier molecular flexibility index (Phi) is 6.42. The van der Waals surface area contributed by atoms with Crippen LogP contribution in [0.4, 0.5) is 4.39 Å². The van der Waals surface area contributed by atoms with Crippen molar-refractivity contribution >= 4 is 23.2 Å². The average Bonchev–Trinajstić information content (AvgIpc) is 3.27. The second kappa shape index (κ2) is 9.39. The first-order valence-corrected chi connectivity index (χ1v) is 11.3. The summed E-state index contributed by atoms with van der Waals surface area (Å²) in [4.78, 5) is 33.4. The molecule has 0 N–H and O–H groups in total. The van der Waals surface area contributed by atoms with Crippen LogP contribution in [0.5, 0.6) is 0 Å². The van der Waals surface area contributed by atoms with Gasteiger partial charge in [-0.1, -0.05) is 31.2 Å². The van der Waals surface area contributed by atoms with Crippen LogP contribution in [0.3, 0.4) is 0 Å². The smallest absolute Gasteiger partial charge is 0.253 e. The van der Waals surface area contributed by atoms with Crippen molar-refractivity contribution in [2.24, 2.45) is 0 Å². The van der Waals surface area contributed by atoms with Crippen molar-refractivity contribution in [2.45, 2.75) is 19.8 Å². The van der Waals surface area contributed by atoms with Crippen molar-refractivity contribution in [3.8, 4) is 10.6 Å². The lowest BCUT2D eigenvalue weighted by Crippen LogP contribution is -2.51. The number of amides is 2. The molecule has 31 heavy (non-hydrogen) atoms. The van der Waals surface area contributed by atoms with Crippen molar-refractivity contribution < 1.29 is 14.0 Å². The molecule has 5 nitrogen and oxygen atoms in total. The zero-order chi connectivity index (χ0) is 21.8. The van der Waals surface area contributed by atoms with Crippen molar-refractivity contribution in [3.05, 3.63) is 76.5 Å². The first-order valence-electron chi connectivity index (χ1n) is 10.4. The van der Waals surface area contributed by atoms with E-state index in [1.54, 1.807) is 21.1 Å². The summed E-state index contributed by atoms with van der Waals surface area (Å²) >= 11 is 1.55. The molecule has 7 heteroatoms. The minimum atomic E-state index is -0.366. The third kappa shape index (κ3) is 4.99. The van der Waals surface area contributed by atoms with E-state index in [0.29, 0.717) is 31.7 Å². The van der Waals surface area contributed by atoms with Crippen molar-refractivity contribution in [3.63, 3.8) is 0 Å². The predicted octanol–water partition coefficient (Wildman–Crippen LogP) is 4.04. The number of nitrogens with zero attached hydrogens (tertiary/aromatic N) is 3. The number of thiazole rings is 1. The molecule has 0 bridgehead atoms. The predicted molar refractivity (Wildman–Crippen MR) is 120 cm³/mol. The van der Waals surface area contributed by atoms with Gasteiger partial charge in [-0.15, -0.1) is 11.3 Å². The number of hydrogen-bond donors (Lipinski definition) is 0. The van der Waals surface area contributed by atoms with Gasteiger partial charge < -0.3 is 9.80 Å². The molecule has 1 aliphatic heterocycles. The molecular weight excluding hydrogens is 413 g/mol. The molecule has 1 aliphatic rings. The molecule has 1 saturated heterocycles. The zero-order valence-corrected chi connectivity index (χ0v) is 18.2. The Morgan fingerprint density at radius 3 is 2.26 bits per heavy atom. The highest BCUT2D eigenvalue weighted by molar-refractivity contribution is 7.13. The van der Waals surface area contributed by atoms with E-state index in [2.05, 4.69) is 36.2 Å². The maximum absolute atomic E-state index is 13.1. The van der Waals surface area contributed by atoms with Crippen LogP contribution in [0.15, 0.2) is 53.9 Å². The van der Waals surface area contributed by atoms with Crippen LogP contribution >= 0.6 is 11.3 Å². The minimum Gasteiger partial charge on any atom is -0.339 e. The molecule has 3 aromatic rings. The zero-order valence-electron chi connectivity index (χ0n) is 17.4. The second-order valence-corrected chi connectivity index (χ2v) is 8.41. The van der Waals surface area contributed by atoms with Crippen LogP contribution in [-0.4, -0.2) is 52.8 Å². The van der Waals surface area contributed by atoms with Crippen LogP contribution in [0.2, 0.25) is 0 Å². The summed E-state index contributed by atoms with van der Waals surface area (Å²) in [5.41, 5.74) is 3.58. The van der Waals surface area contributed by atoms with Gasteiger partial charge in [-0.05, 0) is 36.2 Å². The lowest BCUT2D eigenvalue weighted by atomic mass is 10.1. The maximum atomic E-state index is 13.1. The Labute approximate surface area is 185 Å². The normalized spacial score (nSPS) is 14.0. The minimum absolute atomic E-state index is 0.0204. The van der Waals surface area contributed by atoms with E-state index in [4.69, 9.17) is 0 Å².